The Morgan fingerprint density at radius 3 is 2.12 bits per heavy atom. The number of benzene rings is 1. The van der Waals surface area contributed by atoms with Gasteiger partial charge in [-0.1, -0.05) is 18.2 Å². The van der Waals surface area contributed by atoms with E-state index in [0.717, 1.165) is 10.9 Å². The third kappa shape index (κ3) is 7.02. The Bertz CT molecular complexity index is 1070. The molecule has 184 valence electrons. The van der Waals surface area contributed by atoms with Gasteiger partial charge in [0.2, 0.25) is 17.7 Å². The van der Waals surface area contributed by atoms with Gasteiger partial charge in [0.1, 0.15) is 18.1 Å². The van der Waals surface area contributed by atoms with E-state index in [-0.39, 0.29) is 6.42 Å². The van der Waals surface area contributed by atoms with E-state index >= 15 is 0 Å². The molecule has 1 aromatic carbocycles. The molecule has 2 aromatic rings. The third-order valence-corrected chi connectivity index (χ3v) is 4.95. The third-order valence-electron chi connectivity index (χ3n) is 4.95. The zero-order valence-electron chi connectivity index (χ0n) is 18.3. The topological polar surface area (TPSA) is 224 Å². The lowest BCUT2D eigenvalue weighted by molar-refractivity contribution is -0.147. The second-order valence-corrected chi connectivity index (χ2v) is 7.65. The molecule has 0 spiro atoms. The summed E-state index contributed by atoms with van der Waals surface area (Å²) in [7, 11) is 0. The average Bonchev–Trinajstić information content (AvgIpc) is 3.18. The maximum absolute atomic E-state index is 13.0. The summed E-state index contributed by atoms with van der Waals surface area (Å²) in [4.78, 5) is 62.6. The Hall–Kier alpha value is -3.97. The first-order valence-corrected chi connectivity index (χ1v) is 10.3. The number of rotatable bonds is 12. The molecule has 0 fully saturated rings. The molecule has 0 bridgehead atoms. The number of carbonyl (C=O) groups excluding carboxylic acids is 3. The molecule has 0 radical (unpaired) electrons. The Morgan fingerprint density at radius 1 is 0.941 bits per heavy atom. The van der Waals surface area contributed by atoms with Crippen molar-refractivity contribution in [2.75, 3.05) is 6.61 Å². The molecule has 13 nitrogen and oxygen atoms in total. The maximum Gasteiger partial charge on any atom is 0.326 e. The zero-order valence-corrected chi connectivity index (χ0v) is 18.3. The Morgan fingerprint density at radius 2 is 1.53 bits per heavy atom. The molecule has 34 heavy (non-hydrogen) atoms. The Kier molecular flexibility index (Phi) is 9.10. The van der Waals surface area contributed by atoms with Crippen molar-refractivity contribution in [2.24, 2.45) is 5.73 Å². The first-order valence-electron chi connectivity index (χ1n) is 10.3. The highest BCUT2D eigenvalue weighted by Crippen LogP contribution is 2.19. The fraction of sp³-hybridized carbons (Fsp3) is 0.381. The first kappa shape index (κ1) is 26.3. The van der Waals surface area contributed by atoms with Crippen LogP contribution in [-0.2, 0) is 30.4 Å². The van der Waals surface area contributed by atoms with Crippen LogP contribution in [0.15, 0.2) is 30.5 Å². The minimum atomic E-state index is -1.77. The molecule has 13 heteroatoms. The highest BCUT2D eigenvalue weighted by Gasteiger charge is 2.31. The van der Waals surface area contributed by atoms with Crippen LogP contribution >= 0.6 is 0 Å². The van der Waals surface area contributed by atoms with Crippen molar-refractivity contribution in [3.8, 4) is 0 Å². The lowest BCUT2D eigenvalue weighted by Gasteiger charge is -2.23. The van der Waals surface area contributed by atoms with E-state index in [9.17, 15) is 29.1 Å². The summed E-state index contributed by atoms with van der Waals surface area (Å²) in [5.41, 5.74) is 7.09. The van der Waals surface area contributed by atoms with Crippen LogP contribution in [0.1, 0.15) is 18.9 Å². The molecular formula is C21H27N5O8. The Balaban J connectivity index is 2.20. The van der Waals surface area contributed by atoms with E-state index in [1.807, 2.05) is 23.5 Å². The van der Waals surface area contributed by atoms with Crippen molar-refractivity contribution >= 4 is 40.6 Å². The van der Waals surface area contributed by atoms with E-state index in [2.05, 4.69) is 15.6 Å². The molecule has 3 amide bonds. The molecule has 1 aromatic heterocycles. The van der Waals surface area contributed by atoms with Gasteiger partial charge in [-0.05, 0) is 18.6 Å². The number of para-hydroxylation sites is 1. The van der Waals surface area contributed by atoms with E-state index in [4.69, 9.17) is 15.9 Å². The quantitative estimate of drug-likeness (QED) is 0.170. The number of fused-ring (bicyclic) bond motifs is 1. The van der Waals surface area contributed by atoms with Crippen molar-refractivity contribution in [3.05, 3.63) is 36.0 Å². The van der Waals surface area contributed by atoms with E-state index in [1.54, 1.807) is 12.3 Å². The maximum atomic E-state index is 13.0. The first-order chi connectivity index (χ1) is 16.0. The number of aromatic nitrogens is 1. The van der Waals surface area contributed by atoms with Crippen LogP contribution in [0.4, 0.5) is 0 Å². The van der Waals surface area contributed by atoms with Gasteiger partial charge in [0, 0.05) is 23.5 Å². The van der Waals surface area contributed by atoms with Crippen molar-refractivity contribution in [3.63, 3.8) is 0 Å². The van der Waals surface area contributed by atoms with E-state index in [0.29, 0.717) is 5.56 Å². The summed E-state index contributed by atoms with van der Waals surface area (Å²) in [6.45, 7) is 0.520. The van der Waals surface area contributed by atoms with Gasteiger partial charge >= 0.3 is 11.9 Å². The zero-order chi connectivity index (χ0) is 25.4. The van der Waals surface area contributed by atoms with Crippen LogP contribution in [0.2, 0.25) is 0 Å². The van der Waals surface area contributed by atoms with E-state index in [1.165, 1.54) is 6.92 Å². The fourth-order valence-electron chi connectivity index (χ4n) is 3.15. The number of nitrogens with two attached hydrogens (primary N) is 1. The van der Waals surface area contributed by atoms with Gasteiger partial charge in [-0.15, -0.1) is 0 Å². The number of hydrogen-bond acceptors (Lipinski definition) is 7. The average molecular weight is 477 g/mol. The molecule has 0 aliphatic heterocycles. The number of nitrogens with one attached hydrogen (secondary N) is 4. The molecule has 0 aliphatic rings. The monoisotopic (exact) mass is 477 g/mol. The molecule has 4 unspecified atom stereocenters. The number of amides is 3. The summed E-state index contributed by atoms with van der Waals surface area (Å²) < 4.78 is 0. The molecule has 0 aliphatic carbocycles. The number of carbonyl (C=O) groups is 5. The minimum Gasteiger partial charge on any atom is -0.481 e. The second-order valence-electron chi connectivity index (χ2n) is 7.65. The molecule has 2 rings (SSSR count). The number of carboxylic acid groups (broad SMARTS) is 2. The highest BCUT2D eigenvalue weighted by molar-refractivity contribution is 5.95. The van der Waals surface area contributed by atoms with Crippen LogP contribution in [0, 0.1) is 0 Å². The molecule has 4 atom stereocenters. The van der Waals surface area contributed by atoms with Crippen molar-refractivity contribution in [1.82, 2.24) is 20.9 Å². The number of aromatic amines is 1. The van der Waals surface area contributed by atoms with Crippen LogP contribution in [-0.4, -0.2) is 80.7 Å². The molecule has 0 saturated carbocycles. The smallest absolute Gasteiger partial charge is 0.326 e. The van der Waals surface area contributed by atoms with Gasteiger partial charge in [-0.2, -0.15) is 0 Å². The predicted molar refractivity (Wildman–Crippen MR) is 118 cm³/mol. The van der Waals surface area contributed by atoms with Crippen molar-refractivity contribution < 1.29 is 39.3 Å². The number of hydrogen-bond donors (Lipinski definition) is 8. The van der Waals surface area contributed by atoms with Gasteiger partial charge in [0.15, 0.2) is 0 Å². The van der Waals surface area contributed by atoms with Gasteiger partial charge in [-0.3, -0.25) is 19.2 Å². The molecule has 0 saturated heterocycles. The van der Waals surface area contributed by atoms with Crippen molar-refractivity contribution in [2.45, 2.75) is 43.9 Å². The number of carboxylic acids is 2. The van der Waals surface area contributed by atoms with Gasteiger partial charge in [0.25, 0.3) is 0 Å². The number of H-pyrrole nitrogens is 1. The SMILES string of the molecule is CC(N)C(=O)NC(Cc1c[nH]c2ccccc12)C(=O)NC(CO)C(=O)NC(CC(=O)O)C(=O)O. The van der Waals surface area contributed by atoms with Crippen LogP contribution < -0.4 is 21.7 Å². The highest BCUT2D eigenvalue weighted by atomic mass is 16.4. The standard InChI is InChI=1S/C21H27N5O8/c1-10(22)18(30)24-14(6-11-8-23-13-5-3-2-4-12(11)13)19(31)26-16(9-27)20(32)25-15(21(33)34)7-17(28)29/h2-5,8,10,14-16,23,27H,6-7,9,22H2,1H3,(H,24,30)(H,25,32)(H,26,31)(H,28,29)(H,33,34). The second kappa shape index (κ2) is 11.8. The number of aliphatic hydroxyl groups is 1. The molecular weight excluding hydrogens is 450 g/mol. The summed E-state index contributed by atoms with van der Waals surface area (Å²) in [5, 5.41) is 35.0. The lowest BCUT2D eigenvalue weighted by atomic mass is 10.0. The lowest BCUT2D eigenvalue weighted by Crippen LogP contribution is -2.58. The fourth-order valence-corrected chi connectivity index (χ4v) is 3.15. The van der Waals surface area contributed by atoms with Crippen LogP contribution in [0.25, 0.3) is 10.9 Å². The van der Waals surface area contributed by atoms with Gasteiger partial charge < -0.3 is 42.0 Å². The summed E-state index contributed by atoms with van der Waals surface area (Å²) >= 11 is 0. The minimum absolute atomic E-state index is 0.0187. The van der Waals surface area contributed by atoms with Crippen LogP contribution in [0.5, 0.6) is 0 Å². The largest absolute Gasteiger partial charge is 0.481 e. The summed E-state index contributed by atoms with van der Waals surface area (Å²) in [6.07, 6.45) is 0.786. The molecule has 1 heterocycles. The summed E-state index contributed by atoms with van der Waals surface area (Å²) in [5.74, 6) is -5.63. The van der Waals surface area contributed by atoms with Crippen LogP contribution in [0.3, 0.4) is 0 Å². The van der Waals surface area contributed by atoms with Gasteiger partial charge in [-0.25, -0.2) is 4.79 Å². The normalized spacial score (nSPS) is 14.4. The van der Waals surface area contributed by atoms with Gasteiger partial charge in [0.05, 0.1) is 19.1 Å². The summed E-state index contributed by atoms with van der Waals surface area (Å²) in [6, 6.07) is 1.80. The molecule has 9 N–H and O–H groups in total. The van der Waals surface area contributed by atoms with Crippen molar-refractivity contribution in [1.29, 1.82) is 0 Å². The number of aliphatic hydroxyl groups excluding tert-OH is 1. The van der Waals surface area contributed by atoms with E-state index < -0.39 is 66.9 Å². The Labute approximate surface area is 193 Å². The number of aliphatic carboxylic acids is 2. The predicted octanol–water partition coefficient (Wildman–Crippen LogP) is -1.94.